The third-order valence-electron chi connectivity index (χ3n) is 3.05. The van der Waals surface area contributed by atoms with E-state index in [0.717, 1.165) is 5.56 Å². The van der Waals surface area contributed by atoms with Gasteiger partial charge in [0.25, 0.3) is 0 Å². The number of benzene rings is 2. The maximum atomic E-state index is 11.1. The molecule has 0 unspecified atom stereocenters. The van der Waals surface area contributed by atoms with Crippen molar-refractivity contribution in [2.75, 3.05) is 0 Å². The molecule has 0 heterocycles. The lowest BCUT2D eigenvalue weighted by atomic mass is 9.88. The van der Waals surface area contributed by atoms with Crippen LogP contribution in [0.3, 0.4) is 0 Å². The molecule has 3 nitrogen and oxygen atoms in total. The molecule has 0 bridgehead atoms. The summed E-state index contributed by atoms with van der Waals surface area (Å²) < 4.78 is 0. The Hall–Kier alpha value is -1.71. The summed E-state index contributed by atoms with van der Waals surface area (Å²) >= 11 is 12.1. The minimum absolute atomic E-state index is 0.0375. The Bertz CT molecular complexity index is 627. The Morgan fingerprint density at radius 1 is 1.05 bits per heavy atom. The van der Waals surface area contributed by atoms with Gasteiger partial charge in [-0.2, -0.15) is 0 Å². The number of carboxylic acid groups (broad SMARTS) is 1. The summed E-state index contributed by atoms with van der Waals surface area (Å²) in [5.41, 5.74) is 1.42. The van der Waals surface area contributed by atoms with E-state index in [1.165, 1.54) is 6.07 Å². The lowest BCUT2D eigenvalue weighted by Gasteiger charge is -2.18. The van der Waals surface area contributed by atoms with Gasteiger partial charge in [-0.15, -0.1) is 0 Å². The molecule has 0 fully saturated rings. The zero-order valence-corrected chi connectivity index (χ0v) is 11.9. The number of carbonyl (C=O) groups is 1. The summed E-state index contributed by atoms with van der Waals surface area (Å²) in [6.45, 7) is 0. The fourth-order valence-corrected chi connectivity index (χ4v) is 2.55. The van der Waals surface area contributed by atoms with E-state index in [1.54, 1.807) is 6.07 Å². The summed E-state index contributed by atoms with van der Waals surface area (Å²) in [5, 5.41) is 18.8. The van der Waals surface area contributed by atoms with Gasteiger partial charge >= 0.3 is 5.97 Å². The normalized spacial score (nSPS) is 12.1. The summed E-state index contributed by atoms with van der Waals surface area (Å²) in [6.07, 6.45) is -0.106. The fourth-order valence-electron chi connectivity index (χ4n) is 2.09. The number of rotatable bonds is 4. The molecule has 0 radical (unpaired) electrons. The molecule has 2 rings (SSSR count). The van der Waals surface area contributed by atoms with E-state index in [9.17, 15) is 9.90 Å². The molecule has 0 saturated carbocycles. The van der Waals surface area contributed by atoms with Crippen molar-refractivity contribution in [2.24, 2.45) is 0 Å². The van der Waals surface area contributed by atoms with Gasteiger partial charge in [0.2, 0.25) is 0 Å². The van der Waals surface area contributed by atoms with Gasteiger partial charge in [0.15, 0.2) is 0 Å². The predicted molar refractivity (Wildman–Crippen MR) is 78.7 cm³/mol. The van der Waals surface area contributed by atoms with Gasteiger partial charge in [-0.05, 0) is 17.2 Å². The first-order valence-corrected chi connectivity index (χ1v) is 6.70. The summed E-state index contributed by atoms with van der Waals surface area (Å²) in [4.78, 5) is 11.1. The van der Waals surface area contributed by atoms with Gasteiger partial charge in [0, 0.05) is 5.92 Å². The van der Waals surface area contributed by atoms with Crippen molar-refractivity contribution in [3.8, 4) is 5.75 Å². The molecule has 1 atom stereocenters. The second-order valence-electron chi connectivity index (χ2n) is 4.36. The molecule has 2 N–H and O–H groups in total. The van der Waals surface area contributed by atoms with Crippen molar-refractivity contribution in [2.45, 2.75) is 12.3 Å². The number of hydrogen-bond acceptors (Lipinski definition) is 2. The topological polar surface area (TPSA) is 57.5 Å². The van der Waals surface area contributed by atoms with Crippen molar-refractivity contribution in [1.29, 1.82) is 0 Å². The third kappa shape index (κ3) is 3.06. The first kappa shape index (κ1) is 14.7. The molecule has 0 aliphatic rings. The Kier molecular flexibility index (Phi) is 4.53. The quantitative estimate of drug-likeness (QED) is 0.885. The molecule has 20 heavy (non-hydrogen) atoms. The molecule has 0 saturated heterocycles. The van der Waals surface area contributed by atoms with Crippen LogP contribution < -0.4 is 0 Å². The molecular formula is C15H12Cl2O3. The van der Waals surface area contributed by atoms with E-state index in [4.69, 9.17) is 28.3 Å². The van der Waals surface area contributed by atoms with Crippen LogP contribution in [-0.2, 0) is 4.79 Å². The molecule has 104 valence electrons. The maximum Gasteiger partial charge on any atom is 0.304 e. The predicted octanol–water partition coefficient (Wildman–Crippen LogP) is 4.31. The fraction of sp³-hybridized carbons (Fsp3) is 0.133. The van der Waals surface area contributed by atoms with Crippen molar-refractivity contribution in [3.63, 3.8) is 0 Å². The van der Waals surface area contributed by atoms with Crippen LogP contribution in [0.15, 0.2) is 42.5 Å². The summed E-state index contributed by atoms with van der Waals surface area (Å²) in [6, 6.07) is 12.2. The molecular weight excluding hydrogens is 299 g/mol. The SMILES string of the molecule is O=C(O)C[C@@H](c1ccccc1)c1ccc(O)c(Cl)c1Cl. The van der Waals surface area contributed by atoms with Crippen LogP contribution in [0.2, 0.25) is 10.0 Å². The molecule has 2 aromatic carbocycles. The first-order valence-electron chi connectivity index (χ1n) is 5.94. The maximum absolute atomic E-state index is 11.1. The Balaban J connectivity index is 2.53. The van der Waals surface area contributed by atoms with E-state index < -0.39 is 11.9 Å². The van der Waals surface area contributed by atoms with Gasteiger partial charge in [-0.1, -0.05) is 59.6 Å². The smallest absolute Gasteiger partial charge is 0.304 e. The average Bonchev–Trinajstić information content (AvgIpc) is 2.44. The Morgan fingerprint density at radius 2 is 1.70 bits per heavy atom. The number of carboxylic acids is 1. The van der Waals surface area contributed by atoms with Crippen molar-refractivity contribution < 1.29 is 15.0 Å². The molecule has 0 aromatic heterocycles. The largest absolute Gasteiger partial charge is 0.506 e. The minimum Gasteiger partial charge on any atom is -0.506 e. The van der Waals surface area contributed by atoms with Crippen molar-refractivity contribution >= 4 is 29.2 Å². The van der Waals surface area contributed by atoms with E-state index >= 15 is 0 Å². The average molecular weight is 311 g/mol. The molecule has 5 heteroatoms. The number of phenols is 1. The van der Waals surface area contributed by atoms with Crippen LogP contribution in [-0.4, -0.2) is 16.2 Å². The zero-order chi connectivity index (χ0) is 14.7. The number of phenolic OH excluding ortho intramolecular Hbond substituents is 1. The number of halogens is 2. The molecule has 0 spiro atoms. The Labute approximate surface area is 126 Å². The summed E-state index contributed by atoms with van der Waals surface area (Å²) in [5.74, 6) is -1.47. The number of aromatic hydroxyl groups is 1. The third-order valence-corrected chi connectivity index (χ3v) is 3.93. The highest BCUT2D eigenvalue weighted by Crippen LogP contribution is 2.40. The van der Waals surface area contributed by atoms with Crippen LogP contribution in [0, 0.1) is 0 Å². The van der Waals surface area contributed by atoms with E-state index in [1.807, 2.05) is 30.3 Å². The molecule has 0 aliphatic heterocycles. The van der Waals surface area contributed by atoms with Crippen LogP contribution in [0.1, 0.15) is 23.5 Å². The van der Waals surface area contributed by atoms with Gasteiger partial charge in [-0.25, -0.2) is 0 Å². The Morgan fingerprint density at radius 3 is 2.30 bits per heavy atom. The van der Waals surface area contributed by atoms with Crippen molar-refractivity contribution in [3.05, 3.63) is 63.6 Å². The monoisotopic (exact) mass is 310 g/mol. The van der Waals surface area contributed by atoms with E-state index in [2.05, 4.69) is 0 Å². The second-order valence-corrected chi connectivity index (χ2v) is 5.12. The number of aliphatic carboxylic acids is 1. The highest BCUT2D eigenvalue weighted by molar-refractivity contribution is 6.43. The van der Waals surface area contributed by atoms with E-state index in [0.29, 0.717) is 5.56 Å². The second kappa shape index (κ2) is 6.16. The lowest BCUT2D eigenvalue weighted by Crippen LogP contribution is -2.08. The summed E-state index contributed by atoms with van der Waals surface area (Å²) in [7, 11) is 0. The lowest BCUT2D eigenvalue weighted by molar-refractivity contribution is -0.137. The van der Waals surface area contributed by atoms with Gasteiger partial charge in [0.05, 0.1) is 11.4 Å². The minimum atomic E-state index is -0.931. The highest BCUT2D eigenvalue weighted by Gasteiger charge is 2.22. The number of hydrogen-bond donors (Lipinski definition) is 2. The van der Waals surface area contributed by atoms with Gasteiger partial charge in [-0.3, -0.25) is 4.79 Å². The van der Waals surface area contributed by atoms with Crippen molar-refractivity contribution in [1.82, 2.24) is 0 Å². The van der Waals surface area contributed by atoms with Crippen LogP contribution in [0.4, 0.5) is 0 Å². The van der Waals surface area contributed by atoms with Crippen LogP contribution in [0.25, 0.3) is 0 Å². The highest BCUT2D eigenvalue weighted by atomic mass is 35.5. The molecule has 0 aliphatic carbocycles. The van der Waals surface area contributed by atoms with Crippen LogP contribution in [0.5, 0.6) is 5.75 Å². The van der Waals surface area contributed by atoms with Gasteiger partial charge < -0.3 is 10.2 Å². The van der Waals surface area contributed by atoms with Gasteiger partial charge in [0.1, 0.15) is 10.8 Å². The van der Waals surface area contributed by atoms with E-state index in [-0.39, 0.29) is 22.2 Å². The molecule has 2 aromatic rings. The first-order chi connectivity index (χ1) is 9.50. The molecule has 0 amide bonds. The zero-order valence-electron chi connectivity index (χ0n) is 10.4. The van der Waals surface area contributed by atoms with Crippen LogP contribution >= 0.6 is 23.2 Å². The standard InChI is InChI=1S/C15H12Cl2O3/c16-14-10(6-7-12(18)15(14)17)11(8-13(19)20)9-4-2-1-3-5-9/h1-7,11,18H,8H2,(H,19,20)/t11-/m0/s1.